The molecule has 100 valence electrons. The normalized spacial score (nSPS) is 13.9. The molecule has 0 fully saturated rings. The summed E-state index contributed by atoms with van der Waals surface area (Å²) >= 11 is 1.20. The van der Waals surface area contributed by atoms with Crippen LogP contribution in [0.4, 0.5) is 5.69 Å². The number of thiophene rings is 1. The number of rotatable bonds is 3. The lowest BCUT2D eigenvalue weighted by molar-refractivity contribution is 0.0703. The molecule has 4 nitrogen and oxygen atoms in total. The zero-order chi connectivity index (χ0) is 13.6. The average molecular weight is 276 g/mol. The first-order valence-electron chi connectivity index (χ1n) is 6.59. The Hall–Kier alpha value is -1.62. The Morgan fingerprint density at radius 1 is 1.42 bits per heavy atom. The third-order valence-electron chi connectivity index (χ3n) is 3.71. The molecule has 0 amide bonds. The second kappa shape index (κ2) is 4.49. The Bertz CT molecular complexity index is 676. The van der Waals surface area contributed by atoms with Gasteiger partial charge >= 0.3 is 5.97 Å². The van der Waals surface area contributed by atoms with Crippen LogP contribution in [0, 0.1) is 0 Å². The van der Waals surface area contributed by atoms with E-state index in [-0.39, 0.29) is 4.88 Å². The predicted octanol–water partition coefficient (Wildman–Crippen LogP) is 3.02. The molecule has 0 spiro atoms. The zero-order valence-corrected chi connectivity index (χ0v) is 11.6. The Balaban J connectivity index is 2.32. The van der Waals surface area contributed by atoms with Crippen molar-refractivity contribution < 1.29 is 9.90 Å². The van der Waals surface area contributed by atoms with E-state index in [0.717, 1.165) is 48.0 Å². The van der Waals surface area contributed by atoms with Crippen LogP contribution in [0.5, 0.6) is 0 Å². The van der Waals surface area contributed by atoms with Crippen LogP contribution in [0.15, 0.2) is 0 Å². The van der Waals surface area contributed by atoms with Crippen LogP contribution < -0.4 is 5.73 Å². The van der Waals surface area contributed by atoms with Gasteiger partial charge < -0.3 is 10.8 Å². The summed E-state index contributed by atoms with van der Waals surface area (Å²) in [6, 6.07) is 0. The highest BCUT2D eigenvalue weighted by Gasteiger charge is 2.25. The van der Waals surface area contributed by atoms with E-state index in [1.165, 1.54) is 22.5 Å². The molecule has 19 heavy (non-hydrogen) atoms. The molecule has 1 aliphatic rings. The zero-order valence-electron chi connectivity index (χ0n) is 10.8. The van der Waals surface area contributed by atoms with Crippen molar-refractivity contribution >= 4 is 33.2 Å². The van der Waals surface area contributed by atoms with Crippen LogP contribution in [-0.4, -0.2) is 16.1 Å². The monoisotopic (exact) mass is 276 g/mol. The smallest absolute Gasteiger partial charge is 0.348 e. The van der Waals surface area contributed by atoms with Gasteiger partial charge in [-0.1, -0.05) is 13.3 Å². The van der Waals surface area contributed by atoms with Gasteiger partial charge in [-0.3, -0.25) is 0 Å². The van der Waals surface area contributed by atoms with Gasteiger partial charge in [-0.25, -0.2) is 9.78 Å². The molecule has 0 saturated heterocycles. The molecule has 0 bridgehead atoms. The molecule has 1 aliphatic carbocycles. The summed E-state index contributed by atoms with van der Waals surface area (Å²) in [5.74, 6) is -0.954. The summed E-state index contributed by atoms with van der Waals surface area (Å²) in [5, 5.41) is 10.1. The van der Waals surface area contributed by atoms with E-state index in [1.807, 2.05) is 0 Å². The van der Waals surface area contributed by atoms with Crippen molar-refractivity contribution in [2.45, 2.75) is 39.0 Å². The highest BCUT2D eigenvalue weighted by molar-refractivity contribution is 7.21. The van der Waals surface area contributed by atoms with Crippen LogP contribution in [-0.2, 0) is 19.3 Å². The summed E-state index contributed by atoms with van der Waals surface area (Å²) in [7, 11) is 0. The van der Waals surface area contributed by atoms with Crippen LogP contribution in [0.25, 0.3) is 10.2 Å². The van der Waals surface area contributed by atoms with Crippen molar-refractivity contribution in [1.82, 2.24) is 4.98 Å². The number of carbonyl (C=O) groups is 1. The number of pyridine rings is 1. The first-order valence-corrected chi connectivity index (χ1v) is 7.41. The summed E-state index contributed by atoms with van der Waals surface area (Å²) in [4.78, 5) is 16.9. The summed E-state index contributed by atoms with van der Waals surface area (Å²) < 4.78 is 0. The van der Waals surface area contributed by atoms with E-state index in [2.05, 4.69) is 11.9 Å². The largest absolute Gasteiger partial charge is 0.477 e. The quantitative estimate of drug-likeness (QED) is 0.903. The Morgan fingerprint density at radius 2 is 2.16 bits per heavy atom. The number of fused-ring (bicyclic) bond motifs is 3. The second-order valence-electron chi connectivity index (χ2n) is 4.95. The third-order valence-corrected chi connectivity index (χ3v) is 4.80. The number of carboxylic acids is 1. The lowest BCUT2D eigenvalue weighted by atomic mass is 10.0. The molecule has 3 N–H and O–H groups in total. The SMILES string of the molecule is CCCc1nc2sc(C(=O)O)c(N)c2c2c1CCC2. The van der Waals surface area contributed by atoms with Gasteiger partial charge in [-0.15, -0.1) is 11.3 Å². The Morgan fingerprint density at radius 3 is 2.84 bits per heavy atom. The van der Waals surface area contributed by atoms with Crippen molar-refractivity contribution in [3.63, 3.8) is 0 Å². The second-order valence-corrected chi connectivity index (χ2v) is 5.95. The molecule has 5 heteroatoms. The topological polar surface area (TPSA) is 76.2 Å². The van der Waals surface area contributed by atoms with Crippen molar-refractivity contribution in [3.8, 4) is 0 Å². The molecule has 3 rings (SSSR count). The molecule has 0 saturated carbocycles. The highest BCUT2D eigenvalue weighted by Crippen LogP contribution is 2.40. The fraction of sp³-hybridized carbons (Fsp3) is 0.429. The minimum absolute atomic E-state index is 0.227. The molecule has 2 heterocycles. The summed E-state index contributed by atoms with van der Waals surface area (Å²) in [6.45, 7) is 2.14. The fourth-order valence-electron chi connectivity index (χ4n) is 2.93. The van der Waals surface area contributed by atoms with Crippen molar-refractivity contribution in [2.24, 2.45) is 0 Å². The molecule has 0 unspecified atom stereocenters. The first kappa shape index (κ1) is 12.4. The number of aromatic nitrogens is 1. The highest BCUT2D eigenvalue weighted by atomic mass is 32.1. The minimum atomic E-state index is -0.954. The maximum absolute atomic E-state index is 11.2. The number of hydrogen-bond acceptors (Lipinski definition) is 4. The number of aryl methyl sites for hydroxylation is 2. The van der Waals surface area contributed by atoms with Crippen LogP contribution in [0.1, 0.15) is 46.3 Å². The van der Waals surface area contributed by atoms with Gasteiger partial charge in [0.15, 0.2) is 0 Å². The number of nitrogens with two attached hydrogens (primary N) is 1. The van der Waals surface area contributed by atoms with Gasteiger partial charge in [0.25, 0.3) is 0 Å². The lowest BCUT2D eigenvalue weighted by Gasteiger charge is -2.08. The number of nitrogens with zero attached hydrogens (tertiary/aromatic N) is 1. The van der Waals surface area contributed by atoms with E-state index in [1.54, 1.807) is 0 Å². The van der Waals surface area contributed by atoms with Crippen LogP contribution in [0.2, 0.25) is 0 Å². The fourth-order valence-corrected chi connectivity index (χ4v) is 3.92. The molecular formula is C14H16N2O2S. The maximum Gasteiger partial charge on any atom is 0.348 e. The minimum Gasteiger partial charge on any atom is -0.477 e. The number of aromatic carboxylic acids is 1. The molecule has 0 aromatic carbocycles. The van der Waals surface area contributed by atoms with Gasteiger partial charge in [0, 0.05) is 11.1 Å². The van der Waals surface area contributed by atoms with Crippen molar-refractivity contribution in [2.75, 3.05) is 5.73 Å². The van der Waals surface area contributed by atoms with Gasteiger partial charge in [-0.05, 0) is 36.8 Å². The molecule has 2 aromatic heterocycles. The molecule has 0 aliphatic heterocycles. The third kappa shape index (κ3) is 1.80. The lowest BCUT2D eigenvalue weighted by Crippen LogP contribution is -2.00. The molecule has 2 aromatic rings. The van der Waals surface area contributed by atoms with E-state index < -0.39 is 5.97 Å². The Kier molecular flexibility index (Phi) is 2.93. The first-order chi connectivity index (χ1) is 9.13. The standard InChI is InChI=1S/C14H16N2O2S/c1-2-4-9-7-5-3-6-8(7)10-11(15)12(14(17)18)19-13(10)16-9/h2-6,15H2,1H3,(H,17,18). The number of anilines is 1. The van der Waals surface area contributed by atoms with Gasteiger partial charge in [0.2, 0.25) is 0 Å². The number of nitrogen functional groups attached to an aromatic ring is 1. The van der Waals surface area contributed by atoms with Gasteiger partial charge in [0.1, 0.15) is 9.71 Å². The number of hydrogen-bond donors (Lipinski definition) is 2. The van der Waals surface area contributed by atoms with E-state index >= 15 is 0 Å². The van der Waals surface area contributed by atoms with Crippen molar-refractivity contribution in [3.05, 3.63) is 21.7 Å². The van der Waals surface area contributed by atoms with Crippen LogP contribution >= 0.6 is 11.3 Å². The summed E-state index contributed by atoms with van der Waals surface area (Å²) in [6.07, 6.45) is 5.16. The predicted molar refractivity (Wildman–Crippen MR) is 77.0 cm³/mol. The summed E-state index contributed by atoms with van der Waals surface area (Å²) in [5.41, 5.74) is 10.1. The van der Waals surface area contributed by atoms with E-state index in [4.69, 9.17) is 5.73 Å². The van der Waals surface area contributed by atoms with Crippen LogP contribution in [0.3, 0.4) is 0 Å². The van der Waals surface area contributed by atoms with Gasteiger partial charge in [-0.2, -0.15) is 0 Å². The van der Waals surface area contributed by atoms with E-state index in [0.29, 0.717) is 5.69 Å². The maximum atomic E-state index is 11.2. The molecule has 0 radical (unpaired) electrons. The molecule has 0 atom stereocenters. The number of carboxylic acid groups (broad SMARTS) is 1. The average Bonchev–Trinajstić information content (AvgIpc) is 2.94. The van der Waals surface area contributed by atoms with Gasteiger partial charge in [0.05, 0.1) is 5.69 Å². The van der Waals surface area contributed by atoms with E-state index in [9.17, 15) is 9.90 Å². The van der Waals surface area contributed by atoms with Crippen molar-refractivity contribution in [1.29, 1.82) is 0 Å². The molecular weight excluding hydrogens is 260 g/mol. The Labute approximate surface area is 115 Å².